The number of epoxide rings is 1. The lowest BCUT2D eigenvalue weighted by Crippen LogP contribution is -2.12. The molecule has 0 amide bonds. The lowest BCUT2D eigenvalue weighted by molar-refractivity contribution is -0.743. The Morgan fingerprint density at radius 3 is 1.83 bits per heavy atom. The lowest BCUT2D eigenvalue weighted by Gasteiger charge is -1.97. The molecule has 1 saturated heterocycles. The SMILES string of the molecule is CC1(C)C[O+]1[O-]. The van der Waals surface area contributed by atoms with E-state index >= 15 is 0 Å². The van der Waals surface area contributed by atoms with Gasteiger partial charge in [-0.05, 0) is 0 Å². The van der Waals surface area contributed by atoms with Gasteiger partial charge < -0.3 is 9.78 Å². The van der Waals surface area contributed by atoms with Gasteiger partial charge in [0.1, 0.15) is 0 Å². The van der Waals surface area contributed by atoms with E-state index in [1.165, 1.54) is 0 Å². The zero-order valence-corrected chi connectivity index (χ0v) is 4.02. The molecule has 0 radical (unpaired) electrons. The summed E-state index contributed by atoms with van der Waals surface area (Å²) in [5.41, 5.74) is -0.0972. The Hall–Kier alpha value is -0.0800. The van der Waals surface area contributed by atoms with E-state index < -0.39 is 0 Å². The Kier molecular flexibility index (Phi) is 0.524. The van der Waals surface area contributed by atoms with Gasteiger partial charge in [-0.25, -0.2) is 0 Å². The van der Waals surface area contributed by atoms with Gasteiger partial charge in [0.2, 0.25) is 12.2 Å². The van der Waals surface area contributed by atoms with Gasteiger partial charge in [0.15, 0.2) is 0 Å². The average molecular weight is 88.1 g/mol. The Bertz CT molecular complexity index is 67.9. The van der Waals surface area contributed by atoms with Crippen LogP contribution in [0.3, 0.4) is 0 Å². The maximum absolute atomic E-state index is 10.0. The van der Waals surface area contributed by atoms with Crippen molar-refractivity contribution < 1.29 is 9.78 Å². The molecule has 0 saturated carbocycles. The fraction of sp³-hybridized carbons (Fsp3) is 1.00. The Morgan fingerprint density at radius 1 is 1.67 bits per heavy atom. The van der Waals surface area contributed by atoms with Crippen LogP contribution in [0.2, 0.25) is 0 Å². The second-order valence-electron chi connectivity index (χ2n) is 2.25. The lowest BCUT2D eigenvalue weighted by atomic mass is 10.3. The van der Waals surface area contributed by atoms with Gasteiger partial charge >= 0.3 is 0 Å². The topological polar surface area (TPSA) is 25.8 Å². The molecular formula is C4H8O2. The third-order valence-corrected chi connectivity index (χ3v) is 1.01. The Labute approximate surface area is 37.0 Å². The summed E-state index contributed by atoms with van der Waals surface area (Å²) in [6, 6.07) is 0. The summed E-state index contributed by atoms with van der Waals surface area (Å²) >= 11 is 0. The summed E-state index contributed by atoms with van der Waals surface area (Å²) in [5.74, 6) is 0. The van der Waals surface area contributed by atoms with Gasteiger partial charge in [0.05, 0.1) is 0 Å². The molecule has 0 aliphatic carbocycles. The summed E-state index contributed by atoms with van der Waals surface area (Å²) < 4.78 is 1.72. The van der Waals surface area contributed by atoms with Crippen molar-refractivity contribution in [2.45, 2.75) is 19.4 Å². The molecule has 0 unspecified atom stereocenters. The fourth-order valence-corrected chi connectivity index (χ4v) is 0.286. The Balaban J connectivity index is 2.41. The quantitative estimate of drug-likeness (QED) is 0.225. The van der Waals surface area contributed by atoms with Crippen molar-refractivity contribution in [3.63, 3.8) is 0 Å². The molecule has 0 bridgehead atoms. The van der Waals surface area contributed by atoms with Gasteiger partial charge in [-0.1, -0.05) is 0 Å². The van der Waals surface area contributed by atoms with Crippen LogP contribution in [0, 0.1) is 0 Å². The van der Waals surface area contributed by atoms with E-state index in [9.17, 15) is 5.26 Å². The van der Waals surface area contributed by atoms with E-state index in [2.05, 4.69) is 0 Å². The predicted molar refractivity (Wildman–Crippen MR) is 20.0 cm³/mol. The summed E-state index contributed by atoms with van der Waals surface area (Å²) in [5, 5.41) is 10.0. The molecule has 2 heteroatoms. The highest BCUT2D eigenvalue weighted by atomic mass is 17.3. The van der Waals surface area contributed by atoms with E-state index in [1.807, 2.05) is 13.8 Å². The Morgan fingerprint density at radius 2 is 1.83 bits per heavy atom. The van der Waals surface area contributed by atoms with Crippen LogP contribution in [0.25, 0.3) is 0 Å². The van der Waals surface area contributed by atoms with Gasteiger partial charge in [0, 0.05) is 13.8 Å². The van der Waals surface area contributed by atoms with E-state index in [-0.39, 0.29) is 5.60 Å². The van der Waals surface area contributed by atoms with Crippen molar-refractivity contribution in [2.75, 3.05) is 6.61 Å². The first-order valence-electron chi connectivity index (χ1n) is 2.01. The van der Waals surface area contributed by atoms with Crippen molar-refractivity contribution in [3.05, 3.63) is 0 Å². The van der Waals surface area contributed by atoms with Crippen LogP contribution in [-0.4, -0.2) is 12.2 Å². The van der Waals surface area contributed by atoms with Crippen molar-refractivity contribution in [1.29, 1.82) is 0 Å². The standard InChI is InChI=1S/C4H8O2/c1-4(2)3-6(4)5/h3H2,1-2H3. The molecule has 0 aromatic heterocycles. The first-order chi connectivity index (χ1) is 2.63. The van der Waals surface area contributed by atoms with Crippen LogP contribution in [0.5, 0.6) is 0 Å². The first-order valence-corrected chi connectivity index (χ1v) is 2.01. The minimum Gasteiger partial charge on any atom is -0.533 e. The smallest absolute Gasteiger partial charge is 0.235 e. The molecule has 2 nitrogen and oxygen atoms in total. The van der Waals surface area contributed by atoms with Gasteiger partial charge in [-0.2, -0.15) is 0 Å². The van der Waals surface area contributed by atoms with Gasteiger partial charge in [-0.15, -0.1) is 0 Å². The zero-order valence-electron chi connectivity index (χ0n) is 4.02. The van der Waals surface area contributed by atoms with E-state index in [4.69, 9.17) is 0 Å². The third-order valence-electron chi connectivity index (χ3n) is 1.01. The van der Waals surface area contributed by atoms with Crippen LogP contribution in [-0.2, 0) is 4.52 Å². The van der Waals surface area contributed by atoms with Crippen molar-refractivity contribution >= 4 is 0 Å². The zero-order chi connectivity index (χ0) is 4.78. The van der Waals surface area contributed by atoms with Crippen molar-refractivity contribution in [3.8, 4) is 0 Å². The maximum atomic E-state index is 10.0. The largest absolute Gasteiger partial charge is 0.533 e. The molecule has 6 heavy (non-hydrogen) atoms. The summed E-state index contributed by atoms with van der Waals surface area (Å²) in [7, 11) is 0. The molecule has 0 spiro atoms. The molecule has 0 aromatic carbocycles. The summed E-state index contributed by atoms with van der Waals surface area (Å²) in [4.78, 5) is 0. The summed E-state index contributed by atoms with van der Waals surface area (Å²) in [6.45, 7) is 4.42. The molecule has 1 fully saturated rings. The van der Waals surface area contributed by atoms with E-state index in [0.29, 0.717) is 6.61 Å². The second-order valence-corrected chi connectivity index (χ2v) is 2.25. The summed E-state index contributed by atoms with van der Waals surface area (Å²) in [6.07, 6.45) is 0. The van der Waals surface area contributed by atoms with Crippen molar-refractivity contribution in [1.82, 2.24) is 0 Å². The molecule has 1 rings (SSSR count). The molecule has 1 heterocycles. The van der Waals surface area contributed by atoms with Crippen LogP contribution in [0.1, 0.15) is 13.8 Å². The monoisotopic (exact) mass is 88.1 g/mol. The molecule has 1 aliphatic heterocycles. The van der Waals surface area contributed by atoms with Crippen LogP contribution in [0.4, 0.5) is 0 Å². The molecular weight excluding hydrogens is 80.0 g/mol. The van der Waals surface area contributed by atoms with Gasteiger partial charge in [-0.3, -0.25) is 0 Å². The molecule has 0 N–H and O–H groups in total. The fourth-order valence-electron chi connectivity index (χ4n) is 0.286. The average Bonchev–Trinajstić information content (AvgIpc) is 1.73. The highest BCUT2D eigenvalue weighted by molar-refractivity contribution is 4.81. The second kappa shape index (κ2) is 0.768. The minimum atomic E-state index is -0.0972. The minimum absolute atomic E-state index is 0.0972. The van der Waals surface area contributed by atoms with Crippen LogP contribution >= 0.6 is 0 Å². The van der Waals surface area contributed by atoms with Crippen LogP contribution in [0.15, 0.2) is 0 Å². The highest BCUT2D eigenvalue weighted by Gasteiger charge is 2.48. The predicted octanol–water partition coefficient (Wildman–Crippen LogP) is -0.394. The number of rotatable bonds is 0. The number of hydrogen-bond acceptors (Lipinski definition) is 1. The molecule has 36 valence electrons. The third kappa shape index (κ3) is 0.420. The number of hydrogen-bond donors (Lipinski definition) is 0. The molecule has 1 aliphatic rings. The maximum Gasteiger partial charge on any atom is 0.235 e. The van der Waals surface area contributed by atoms with Crippen molar-refractivity contribution in [2.24, 2.45) is 0 Å². The van der Waals surface area contributed by atoms with Crippen LogP contribution < -0.4 is 5.26 Å². The first kappa shape index (κ1) is 4.09. The van der Waals surface area contributed by atoms with Gasteiger partial charge in [0.25, 0.3) is 0 Å². The highest BCUT2D eigenvalue weighted by Crippen LogP contribution is 2.30. The molecule has 0 aromatic rings. The molecule has 0 atom stereocenters. The van der Waals surface area contributed by atoms with E-state index in [0.717, 1.165) is 0 Å². The van der Waals surface area contributed by atoms with E-state index in [1.54, 1.807) is 4.52 Å². The normalized spacial score (nSPS) is 30.5.